The Hall–Kier alpha value is -4.37. The molecular formula is C34H37F2N3O4. The molecule has 226 valence electrons. The van der Waals surface area contributed by atoms with Crippen molar-refractivity contribution in [3.05, 3.63) is 114 Å². The fourth-order valence-electron chi connectivity index (χ4n) is 4.59. The van der Waals surface area contributed by atoms with Crippen molar-refractivity contribution >= 4 is 11.9 Å². The number of ether oxygens (including phenoxy) is 2. The van der Waals surface area contributed by atoms with E-state index < -0.39 is 17.2 Å². The zero-order valence-electron chi connectivity index (χ0n) is 24.3. The predicted octanol–water partition coefficient (Wildman–Crippen LogP) is 7.16. The second kappa shape index (κ2) is 15.7. The summed E-state index contributed by atoms with van der Waals surface area (Å²) in [7, 11) is 0. The highest BCUT2D eigenvalue weighted by atomic mass is 19.1. The lowest BCUT2D eigenvalue weighted by atomic mass is 9.94. The summed E-state index contributed by atoms with van der Waals surface area (Å²) >= 11 is 0. The average Bonchev–Trinajstić information content (AvgIpc) is 3.52. The molecule has 1 aromatic heterocycles. The highest BCUT2D eigenvalue weighted by molar-refractivity contribution is 6.06. The monoisotopic (exact) mass is 589 g/mol. The maximum absolute atomic E-state index is 14.6. The minimum Gasteiger partial charge on any atom is -0.494 e. The van der Waals surface area contributed by atoms with Crippen LogP contribution in [0.2, 0.25) is 0 Å². The third kappa shape index (κ3) is 9.58. The number of carbonyl (C=O) groups excluding carboxylic acids is 1. The van der Waals surface area contributed by atoms with E-state index in [0.717, 1.165) is 23.8 Å². The van der Waals surface area contributed by atoms with Crippen LogP contribution in [-0.4, -0.2) is 38.9 Å². The van der Waals surface area contributed by atoms with Crippen molar-refractivity contribution in [3.8, 4) is 11.5 Å². The molecule has 4 rings (SSSR count). The van der Waals surface area contributed by atoms with Crippen molar-refractivity contribution in [2.45, 2.75) is 57.6 Å². The van der Waals surface area contributed by atoms with E-state index >= 15 is 0 Å². The summed E-state index contributed by atoms with van der Waals surface area (Å²) in [5.74, 6) is -0.690. The quantitative estimate of drug-likeness (QED) is 0.0799. The van der Waals surface area contributed by atoms with Crippen molar-refractivity contribution in [2.24, 2.45) is 0 Å². The number of allylic oxidation sites excluding steroid dienone is 1. The van der Waals surface area contributed by atoms with E-state index in [0.29, 0.717) is 24.0 Å². The first-order valence-electron chi connectivity index (χ1n) is 14.5. The predicted molar refractivity (Wildman–Crippen MR) is 161 cm³/mol. The van der Waals surface area contributed by atoms with Gasteiger partial charge in [0.2, 0.25) is 0 Å². The molecule has 0 aliphatic rings. The van der Waals surface area contributed by atoms with Crippen LogP contribution in [0.5, 0.6) is 11.5 Å². The van der Waals surface area contributed by atoms with E-state index in [2.05, 4.69) is 17.0 Å². The number of unbranched alkanes of at least 4 members (excludes halogenated alkanes) is 5. The number of carbonyl (C=O) groups is 1. The van der Waals surface area contributed by atoms with Gasteiger partial charge in [0.15, 0.2) is 5.78 Å². The Labute approximate surface area is 250 Å². The molecule has 1 atom stereocenters. The van der Waals surface area contributed by atoms with Crippen molar-refractivity contribution < 1.29 is 28.2 Å². The summed E-state index contributed by atoms with van der Waals surface area (Å²) in [6.07, 6.45) is 13.2. The molecule has 1 heterocycles. The molecular weight excluding hydrogens is 552 g/mol. The SMILES string of the molecule is CCCCCCCCOc1ccc(/C=C/C(=O)c2ccc(OCC(O)(Cn3cncn3)c3ccc(F)cc3F)cc2)cc1. The number of nitrogens with zero attached hydrogens (tertiary/aromatic N) is 3. The molecule has 1 N–H and O–H groups in total. The first kappa shape index (κ1) is 31.6. The number of halogens is 2. The van der Waals surface area contributed by atoms with Crippen LogP contribution in [0.3, 0.4) is 0 Å². The zero-order valence-corrected chi connectivity index (χ0v) is 24.3. The van der Waals surface area contributed by atoms with Gasteiger partial charge in [0.25, 0.3) is 0 Å². The molecule has 0 aliphatic heterocycles. The van der Waals surface area contributed by atoms with Gasteiger partial charge >= 0.3 is 0 Å². The average molecular weight is 590 g/mol. The number of rotatable bonds is 17. The Morgan fingerprint density at radius 3 is 2.33 bits per heavy atom. The van der Waals surface area contributed by atoms with E-state index in [4.69, 9.17) is 9.47 Å². The van der Waals surface area contributed by atoms with E-state index in [-0.39, 0.29) is 24.5 Å². The maximum Gasteiger partial charge on any atom is 0.185 e. The van der Waals surface area contributed by atoms with Gasteiger partial charge in [-0.15, -0.1) is 0 Å². The van der Waals surface area contributed by atoms with E-state index in [1.165, 1.54) is 61.6 Å². The van der Waals surface area contributed by atoms with E-state index in [1.807, 2.05) is 24.3 Å². The van der Waals surface area contributed by atoms with Gasteiger partial charge < -0.3 is 14.6 Å². The van der Waals surface area contributed by atoms with E-state index in [1.54, 1.807) is 30.3 Å². The van der Waals surface area contributed by atoms with Crippen LogP contribution in [-0.2, 0) is 12.1 Å². The number of benzene rings is 3. The summed E-state index contributed by atoms with van der Waals surface area (Å²) in [6, 6.07) is 16.9. The normalized spacial score (nSPS) is 12.7. The standard InChI is InChI=1S/C34H37F2N3O4/c1-2-3-4-5-6-7-20-42-29-14-8-26(9-15-29)10-19-33(40)27-11-16-30(17-12-27)43-23-34(41,22-39-25-37-24-38-39)31-18-13-28(35)21-32(31)36/h8-19,21,24-25,41H,2-7,20,22-23H2,1H3/b19-10+. The third-order valence-electron chi connectivity index (χ3n) is 7.01. The highest BCUT2D eigenvalue weighted by Crippen LogP contribution is 2.28. The van der Waals surface area contributed by atoms with Gasteiger partial charge in [0, 0.05) is 17.2 Å². The molecule has 0 saturated heterocycles. The topological polar surface area (TPSA) is 86.5 Å². The Kier molecular flexibility index (Phi) is 11.6. The van der Waals surface area contributed by atoms with Gasteiger partial charge in [0.05, 0.1) is 13.2 Å². The van der Waals surface area contributed by atoms with Crippen LogP contribution in [0.25, 0.3) is 6.08 Å². The second-order valence-electron chi connectivity index (χ2n) is 10.4. The second-order valence-corrected chi connectivity index (χ2v) is 10.4. The zero-order chi connectivity index (χ0) is 30.5. The minimum absolute atomic E-state index is 0.140. The van der Waals surface area contributed by atoms with Gasteiger partial charge in [-0.3, -0.25) is 4.79 Å². The Balaban J connectivity index is 1.30. The van der Waals surface area contributed by atoms with Crippen molar-refractivity contribution in [1.29, 1.82) is 0 Å². The van der Waals surface area contributed by atoms with Crippen LogP contribution in [0.15, 0.2) is 85.5 Å². The largest absolute Gasteiger partial charge is 0.494 e. The Morgan fingerprint density at radius 2 is 1.63 bits per heavy atom. The van der Waals surface area contributed by atoms with Gasteiger partial charge in [-0.1, -0.05) is 63.3 Å². The summed E-state index contributed by atoms with van der Waals surface area (Å²) in [4.78, 5) is 16.6. The van der Waals surface area contributed by atoms with Crippen LogP contribution in [0, 0.1) is 11.6 Å². The molecule has 9 heteroatoms. The van der Waals surface area contributed by atoms with Crippen molar-refractivity contribution in [1.82, 2.24) is 14.8 Å². The summed E-state index contributed by atoms with van der Waals surface area (Å²) < 4.78 is 41.0. The number of ketones is 1. The molecule has 4 aromatic rings. The third-order valence-corrected chi connectivity index (χ3v) is 7.01. The Morgan fingerprint density at radius 1 is 0.930 bits per heavy atom. The van der Waals surface area contributed by atoms with E-state index in [9.17, 15) is 18.7 Å². The van der Waals surface area contributed by atoms with Gasteiger partial charge in [-0.05, 0) is 60.5 Å². The first-order chi connectivity index (χ1) is 20.9. The molecule has 0 amide bonds. The van der Waals surface area contributed by atoms with Gasteiger partial charge in [-0.2, -0.15) is 5.10 Å². The van der Waals surface area contributed by atoms with Gasteiger partial charge in [0.1, 0.15) is 48.0 Å². The minimum atomic E-state index is -1.88. The number of hydrogen-bond donors (Lipinski definition) is 1. The molecule has 1 unspecified atom stereocenters. The van der Waals surface area contributed by atoms with Crippen LogP contribution in [0.1, 0.15) is 66.9 Å². The maximum atomic E-state index is 14.6. The Bertz CT molecular complexity index is 1460. The summed E-state index contributed by atoms with van der Waals surface area (Å²) in [6.45, 7) is 2.37. The number of hydrogen-bond acceptors (Lipinski definition) is 6. The molecule has 7 nitrogen and oxygen atoms in total. The first-order valence-corrected chi connectivity index (χ1v) is 14.5. The molecule has 3 aromatic carbocycles. The lowest BCUT2D eigenvalue weighted by Crippen LogP contribution is -2.39. The highest BCUT2D eigenvalue weighted by Gasteiger charge is 2.34. The van der Waals surface area contributed by atoms with Crippen molar-refractivity contribution in [2.75, 3.05) is 13.2 Å². The fourth-order valence-corrected chi connectivity index (χ4v) is 4.59. The van der Waals surface area contributed by atoms with Crippen LogP contribution >= 0.6 is 0 Å². The molecule has 0 radical (unpaired) electrons. The molecule has 43 heavy (non-hydrogen) atoms. The number of aliphatic hydroxyl groups is 1. The van der Waals surface area contributed by atoms with Crippen molar-refractivity contribution in [3.63, 3.8) is 0 Å². The van der Waals surface area contributed by atoms with Gasteiger partial charge in [-0.25, -0.2) is 18.4 Å². The molecule has 0 saturated carbocycles. The smallest absolute Gasteiger partial charge is 0.185 e. The van der Waals surface area contributed by atoms with Crippen LogP contribution in [0.4, 0.5) is 8.78 Å². The lowest BCUT2D eigenvalue weighted by Gasteiger charge is -2.29. The lowest BCUT2D eigenvalue weighted by molar-refractivity contribution is -0.0297. The molecule has 0 aliphatic carbocycles. The van der Waals surface area contributed by atoms with Crippen LogP contribution < -0.4 is 9.47 Å². The molecule has 0 fully saturated rings. The summed E-state index contributed by atoms with van der Waals surface area (Å²) in [5.41, 5.74) is -0.694. The molecule has 0 spiro atoms. The molecule has 0 bridgehead atoms. The fraction of sp³-hybridized carbons (Fsp3) is 0.324. The summed E-state index contributed by atoms with van der Waals surface area (Å²) in [5, 5.41) is 15.3. The number of aromatic nitrogens is 3.